The highest BCUT2D eigenvalue weighted by atomic mass is 32.2. The molecule has 0 saturated carbocycles. The van der Waals surface area contributed by atoms with Crippen molar-refractivity contribution in [2.75, 3.05) is 5.32 Å². The van der Waals surface area contributed by atoms with Gasteiger partial charge in [-0.3, -0.25) is 4.79 Å². The normalized spacial score (nSPS) is 12.0. The predicted molar refractivity (Wildman–Crippen MR) is 108 cm³/mol. The number of para-hydroxylation sites is 1. The molecule has 0 aliphatic rings. The molecule has 1 atom stereocenters. The highest BCUT2D eigenvalue weighted by Crippen LogP contribution is 2.28. The van der Waals surface area contributed by atoms with Gasteiger partial charge in [-0.05, 0) is 56.2 Å². The number of nitrogens with zero attached hydrogens (tertiary/aromatic N) is 3. The van der Waals surface area contributed by atoms with Gasteiger partial charge in [0, 0.05) is 18.3 Å². The molecule has 27 heavy (non-hydrogen) atoms. The molecule has 0 aliphatic heterocycles. The zero-order chi connectivity index (χ0) is 19.6. The van der Waals surface area contributed by atoms with E-state index in [0.717, 1.165) is 22.4 Å². The van der Waals surface area contributed by atoms with Crippen LogP contribution in [0, 0.1) is 13.8 Å². The van der Waals surface area contributed by atoms with E-state index in [1.165, 1.54) is 11.8 Å². The molecule has 6 nitrogen and oxygen atoms in total. The number of thioether (sulfide) groups is 1. The lowest BCUT2D eigenvalue weighted by atomic mass is 10.1. The number of carbonyl (C=O) groups is 1. The maximum absolute atomic E-state index is 12.6. The van der Waals surface area contributed by atoms with Crippen molar-refractivity contribution in [3.63, 3.8) is 0 Å². The van der Waals surface area contributed by atoms with Gasteiger partial charge in [0.2, 0.25) is 5.91 Å². The molecule has 7 heteroatoms. The average molecular weight is 382 g/mol. The Bertz CT molecular complexity index is 946. The highest BCUT2D eigenvalue weighted by molar-refractivity contribution is 8.00. The molecule has 1 amide bonds. The third-order valence-electron chi connectivity index (χ3n) is 4.34. The largest absolute Gasteiger partial charge is 0.508 e. The monoisotopic (exact) mass is 382 g/mol. The molecule has 2 N–H and O–H groups in total. The first-order valence-corrected chi connectivity index (χ1v) is 9.47. The van der Waals surface area contributed by atoms with Crippen molar-refractivity contribution < 1.29 is 9.90 Å². The molecule has 3 aromatic rings. The van der Waals surface area contributed by atoms with Crippen molar-refractivity contribution in [2.24, 2.45) is 7.05 Å². The molecule has 0 saturated heterocycles. The van der Waals surface area contributed by atoms with E-state index in [0.29, 0.717) is 11.0 Å². The van der Waals surface area contributed by atoms with Gasteiger partial charge in [-0.1, -0.05) is 30.0 Å². The lowest BCUT2D eigenvalue weighted by Gasteiger charge is -2.15. The first-order valence-electron chi connectivity index (χ1n) is 8.59. The number of amides is 1. The standard InChI is InChI=1S/C20H22N4O2S/c1-12-6-5-7-13(2)17(12)21-19(26)14(3)27-20-23-22-18(24(20)4)15-8-10-16(25)11-9-15/h5-11,14,25H,1-4H3,(H,21,26)/t14-/m0/s1. The first kappa shape index (κ1) is 19.0. The van der Waals surface area contributed by atoms with Crippen LogP contribution in [0.1, 0.15) is 18.1 Å². The van der Waals surface area contributed by atoms with E-state index in [-0.39, 0.29) is 16.9 Å². The second-order valence-electron chi connectivity index (χ2n) is 6.43. The number of rotatable bonds is 5. The maximum atomic E-state index is 12.6. The molecule has 140 valence electrons. The SMILES string of the molecule is Cc1cccc(C)c1NC(=O)[C@H](C)Sc1nnc(-c2ccc(O)cc2)n1C. The number of benzene rings is 2. The fourth-order valence-electron chi connectivity index (χ4n) is 2.73. The fraction of sp³-hybridized carbons (Fsp3) is 0.250. The summed E-state index contributed by atoms with van der Waals surface area (Å²) in [4.78, 5) is 12.6. The van der Waals surface area contributed by atoms with Gasteiger partial charge in [-0.2, -0.15) is 0 Å². The minimum absolute atomic E-state index is 0.0772. The topological polar surface area (TPSA) is 80.0 Å². The summed E-state index contributed by atoms with van der Waals surface area (Å²) < 4.78 is 1.85. The molecule has 1 heterocycles. The Morgan fingerprint density at radius 3 is 2.37 bits per heavy atom. The van der Waals surface area contributed by atoms with Crippen LogP contribution in [0.3, 0.4) is 0 Å². The summed E-state index contributed by atoms with van der Waals surface area (Å²) in [6.07, 6.45) is 0. The second-order valence-corrected chi connectivity index (χ2v) is 7.74. The van der Waals surface area contributed by atoms with Crippen molar-refractivity contribution in [2.45, 2.75) is 31.2 Å². The zero-order valence-electron chi connectivity index (χ0n) is 15.7. The number of aromatic hydroxyl groups is 1. The van der Waals surface area contributed by atoms with Gasteiger partial charge in [-0.25, -0.2) is 0 Å². The Kier molecular flexibility index (Phi) is 5.51. The van der Waals surface area contributed by atoms with Crippen LogP contribution >= 0.6 is 11.8 Å². The van der Waals surface area contributed by atoms with Crippen LogP contribution in [0.2, 0.25) is 0 Å². The van der Waals surface area contributed by atoms with E-state index < -0.39 is 0 Å². The van der Waals surface area contributed by atoms with E-state index >= 15 is 0 Å². The van der Waals surface area contributed by atoms with Gasteiger partial charge in [0.1, 0.15) is 5.75 Å². The number of anilines is 1. The quantitative estimate of drug-likeness (QED) is 0.654. The van der Waals surface area contributed by atoms with Crippen molar-refractivity contribution in [1.29, 1.82) is 0 Å². The summed E-state index contributed by atoms with van der Waals surface area (Å²) in [6.45, 7) is 5.81. The lowest BCUT2D eigenvalue weighted by Crippen LogP contribution is -2.23. The van der Waals surface area contributed by atoms with Crippen molar-refractivity contribution >= 4 is 23.4 Å². The van der Waals surface area contributed by atoms with Crippen LogP contribution in [0.4, 0.5) is 5.69 Å². The molecule has 0 unspecified atom stereocenters. The van der Waals surface area contributed by atoms with Crippen LogP contribution in [0.5, 0.6) is 5.75 Å². The highest BCUT2D eigenvalue weighted by Gasteiger charge is 2.20. The summed E-state index contributed by atoms with van der Waals surface area (Å²) in [6, 6.07) is 12.7. The molecule has 0 bridgehead atoms. The lowest BCUT2D eigenvalue weighted by molar-refractivity contribution is -0.115. The molecule has 0 radical (unpaired) electrons. The van der Waals surface area contributed by atoms with E-state index in [4.69, 9.17) is 0 Å². The van der Waals surface area contributed by atoms with Gasteiger partial charge in [0.25, 0.3) is 0 Å². The smallest absolute Gasteiger partial charge is 0.237 e. The second kappa shape index (κ2) is 7.84. The number of hydrogen-bond acceptors (Lipinski definition) is 5. The van der Waals surface area contributed by atoms with Gasteiger partial charge in [0.15, 0.2) is 11.0 Å². The third kappa shape index (κ3) is 4.14. The van der Waals surface area contributed by atoms with Gasteiger partial charge >= 0.3 is 0 Å². The van der Waals surface area contributed by atoms with E-state index in [1.54, 1.807) is 24.3 Å². The summed E-state index contributed by atoms with van der Waals surface area (Å²) >= 11 is 1.36. The van der Waals surface area contributed by atoms with Crippen molar-refractivity contribution in [1.82, 2.24) is 14.8 Å². The van der Waals surface area contributed by atoms with Crippen LogP contribution in [-0.2, 0) is 11.8 Å². The molecule has 2 aromatic carbocycles. The Morgan fingerprint density at radius 1 is 1.11 bits per heavy atom. The van der Waals surface area contributed by atoms with E-state index in [9.17, 15) is 9.90 Å². The fourth-order valence-corrected chi connectivity index (χ4v) is 3.54. The number of nitrogens with one attached hydrogen (secondary N) is 1. The van der Waals surface area contributed by atoms with Crippen LogP contribution in [0.15, 0.2) is 47.6 Å². The van der Waals surface area contributed by atoms with Crippen LogP contribution < -0.4 is 5.32 Å². The summed E-state index contributed by atoms with van der Waals surface area (Å²) in [5.41, 5.74) is 3.78. The number of carbonyl (C=O) groups excluding carboxylic acids is 1. The third-order valence-corrected chi connectivity index (χ3v) is 5.48. The van der Waals surface area contributed by atoms with Gasteiger partial charge in [0.05, 0.1) is 5.25 Å². The van der Waals surface area contributed by atoms with Gasteiger partial charge in [-0.15, -0.1) is 10.2 Å². The Morgan fingerprint density at radius 2 is 1.74 bits per heavy atom. The molecule has 1 aromatic heterocycles. The summed E-state index contributed by atoms with van der Waals surface area (Å²) in [5.74, 6) is 0.804. The molecule has 3 rings (SSSR count). The Balaban J connectivity index is 1.73. The zero-order valence-corrected chi connectivity index (χ0v) is 16.5. The first-order chi connectivity index (χ1) is 12.9. The molecule has 0 fully saturated rings. The summed E-state index contributed by atoms with van der Waals surface area (Å²) in [7, 11) is 1.86. The molecule has 0 spiro atoms. The number of phenolic OH excluding ortho intramolecular Hbond substituents is 1. The number of aryl methyl sites for hydroxylation is 2. The molecular weight excluding hydrogens is 360 g/mol. The minimum Gasteiger partial charge on any atom is -0.508 e. The minimum atomic E-state index is -0.334. The predicted octanol–water partition coefficient (Wildman–Crippen LogP) is 3.92. The number of phenols is 1. The van der Waals surface area contributed by atoms with Crippen LogP contribution in [-0.4, -0.2) is 31.0 Å². The average Bonchev–Trinajstić information content (AvgIpc) is 2.99. The number of aromatic nitrogens is 3. The molecule has 0 aliphatic carbocycles. The summed E-state index contributed by atoms with van der Waals surface area (Å²) in [5, 5.41) is 21.2. The van der Waals surface area contributed by atoms with E-state index in [1.807, 2.05) is 50.6 Å². The van der Waals surface area contributed by atoms with Crippen molar-refractivity contribution in [3.05, 3.63) is 53.6 Å². The maximum Gasteiger partial charge on any atom is 0.237 e. The molecular formula is C20H22N4O2S. The van der Waals surface area contributed by atoms with Crippen LogP contribution in [0.25, 0.3) is 11.4 Å². The number of hydrogen-bond donors (Lipinski definition) is 2. The van der Waals surface area contributed by atoms with Crippen molar-refractivity contribution in [3.8, 4) is 17.1 Å². The Labute approximate surface area is 162 Å². The Hall–Kier alpha value is -2.80. The van der Waals surface area contributed by atoms with Gasteiger partial charge < -0.3 is 15.0 Å². The van der Waals surface area contributed by atoms with E-state index in [2.05, 4.69) is 15.5 Å².